The minimum absolute atomic E-state index is 0.0514. The van der Waals surface area contributed by atoms with E-state index in [2.05, 4.69) is 17.5 Å². The molecule has 0 fully saturated rings. The first-order chi connectivity index (χ1) is 8.66. The van der Waals surface area contributed by atoms with Crippen molar-refractivity contribution in [3.05, 3.63) is 41.7 Å². The van der Waals surface area contributed by atoms with Crippen LogP contribution in [0.4, 0.5) is 10.1 Å². The number of carbonyl (C=O) groups excluding carboxylic acids is 1. The van der Waals surface area contributed by atoms with Gasteiger partial charge in [0, 0.05) is 12.2 Å². The first-order valence-corrected chi connectivity index (χ1v) is 6.15. The third-order valence-corrected chi connectivity index (χ3v) is 3.17. The molecular formula is C14H17FN2O. The van der Waals surface area contributed by atoms with Crippen LogP contribution in [0.1, 0.15) is 29.6 Å². The monoisotopic (exact) mass is 248 g/mol. The predicted octanol–water partition coefficient (Wildman–Crippen LogP) is 2.49. The van der Waals surface area contributed by atoms with Gasteiger partial charge in [0.25, 0.3) is 5.91 Å². The van der Waals surface area contributed by atoms with Crippen LogP contribution in [0.15, 0.2) is 30.4 Å². The van der Waals surface area contributed by atoms with Crippen LogP contribution >= 0.6 is 0 Å². The number of anilines is 1. The molecule has 1 aliphatic rings. The molecule has 0 saturated heterocycles. The molecule has 0 aliphatic heterocycles. The molecule has 0 aromatic heterocycles. The largest absolute Gasteiger partial charge is 0.399 e. The number of allylic oxidation sites excluding steroid dienone is 2. The van der Waals surface area contributed by atoms with Crippen molar-refractivity contribution in [2.75, 3.05) is 12.3 Å². The van der Waals surface area contributed by atoms with Crippen LogP contribution in [0.3, 0.4) is 0 Å². The van der Waals surface area contributed by atoms with Gasteiger partial charge < -0.3 is 11.1 Å². The SMILES string of the molecule is Nc1ccc(C(=O)NCC2CC=CCC2)c(F)c1. The lowest BCUT2D eigenvalue weighted by molar-refractivity contribution is 0.0942. The molecule has 1 unspecified atom stereocenters. The van der Waals surface area contributed by atoms with Gasteiger partial charge in [0.2, 0.25) is 0 Å². The van der Waals surface area contributed by atoms with Gasteiger partial charge in [0.1, 0.15) is 5.82 Å². The van der Waals surface area contributed by atoms with Gasteiger partial charge in [-0.1, -0.05) is 12.2 Å². The summed E-state index contributed by atoms with van der Waals surface area (Å²) in [6.45, 7) is 0.590. The van der Waals surface area contributed by atoms with Crippen molar-refractivity contribution in [1.82, 2.24) is 5.32 Å². The van der Waals surface area contributed by atoms with Crippen LogP contribution in [0.2, 0.25) is 0 Å². The number of hydrogen-bond acceptors (Lipinski definition) is 2. The second-order valence-corrected chi connectivity index (χ2v) is 4.60. The number of halogens is 1. The van der Waals surface area contributed by atoms with E-state index in [4.69, 9.17) is 5.73 Å². The number of nitrogens with one attached hydrogen (secondary N) is 1. The lowest BCUT2D eigenvalue weighted by Gasteiger charge is -2.18. The van der Waals surface area contributed by atoms with Gasteiger partial charge >= 0.3 is 0 Å². The Hall–Kier alpha value is -1.84. The van der Waals surface area contributed by atoms with Gasteiger partial charge in [-0.2, -0.15) is 0 Å². The van der Waals surface area contributed by atoms with Crippen LogP contribution in [0, 0.1) is 11.7 Å². The number of benzene rings is 1. The number of rotatable bonds is 3. The average Bonchev–Trinajstić information content (AvgIpc) is 2.37. The third kappa shape index (κ3) is 3.09. The molecule has 0 saturated carbocycles. The lowest BCUT2D eigenvalue weighted by Crippen LogP contribution is -2.30. The average molecular weight is 248 g/mol. The highest BCUT2D eigenvalue weighted by Gasteiger charge is 2.14. The van der Waals surface area contributed by atoms with E-state index in [1.165, 1.54) is 12.1 Å². The zero-order chi connectivity index (χ0) is 13.0. The summed E-state index contributed by atoms with van der Waals surface area (Å²) in [5.74, 6) is -0.492. The van der Waals surface area contributed by atoms with Gasteiger partial charge in [-0.15, -0.1) is 0 Å². The molecule has 0 radical (unpaired) electrons. The fourth-order valence-corrected chi connectivity index (χ4v) is 2.09. The Kier molecular flexibility index (Phi) is 3.97. The number of hydrogen-bond donors (Lipinski definition) is 2. The summed E-state index contributed by atoms with van der Waals surface area (Å²) < 4.78 is 13.5. The van der Waals surface area contributed by atoms with Crippen LogP contribution in [-0.2, 0) is 0 Å². The molecule has 0 bridgehead atoms. The van der Waals surface area contributed by atoms with Gasteiger partial charge in [-0.3, -0.25) is 4.79 Å². The van der Waals surface area contributed by atoms with Gasteiger partial charge in [-0.25, -0.2) is 4.39 Å². The highest BCUT2D eigenvalue weighted by atomic mass is 19.1. The molecule has 3 nitrogen and oxygen atoms in total. The van der Waals surface area contributed by atoms with E-state index in [9.17, 15) is 9.18 Å². The lowest BCUT2D eigenvalue weighted by atomic mass is 9.94. The maximum absolute atomic E-state index is 13.5. The number of nitrogens with two attached hydrogens (primary N) is 1. The molecule has 3 N–H and O–H groups in total. The zero-order valence-electron chi connectivity index (χ0n) is 10.2. The van der Waals surface area contributed by atoms with E-state index in [-0.39, 0.29) is 11.5 Å². The highest BCUT2D eigenvalue weighted by Crippen LogP contribution is 2.17. The van der Waals surface area contributed by atoms with E-state index in [1.807, 2.05) is 0 Å². The summed E-state index contributed by atoms with van der Waals surface area (Å²) >= 11 is 0. The normalized spacial score (nSPS) is 18.6. The Morgan fingerprint density at radius 1 is 1.44 bits per heavy atom. The molecule has 0 heterocycles. The molecule has 1 aromatic carbocycles. The van der Waals surface area contributed by atoms with Crippen LogP contribution in [0.5, 0.6) is 0 Å². The third-order valence-electron chi connectivity index (χ3n) is 3.17. The summed E-state index contributed by atoms with van der Waals surface area (Å²) in [6, 6.07) is 4.11. The van der Waals surface area contributed by atoms with E-state index < -0.39 is 5.82 Å². The fourth-order valence-electron chi connectivity index (χ4n) is 2.09. The molecule has 0 spiro atoms. The van der Waals surface area contributed by atoms with Crippen molar-refractivity contribution >= 4 is 11.6 Å². The van der Waals surface area contributed by atoms with E-state index in [1.54, 1.807) is 0 Å². The highest BCUT2D eigenvalue weighted by molar-refractivity contribution is 5.94. The van der Waals surface area contributed by atoms with E-state index >= 15 is 0 Å². The maximum atomic E-state index is 13.5. The quantitative estimate of drug-likeness (QED) is 0.638. The zero-order valence-corrected chi connectivity index (χ0v) is 10.2. The van der Waals surface area contributed by atoms with Crippen molar-refractivity contribution in [3.63, 3.8) is 0 Å². The van der Waals surface area contributed by atoms with Crippen LogP contribution in [-0.4, -0.2) is 12.5 Å². The number of carbonyl (C=O) groups is 1. The standard InChI is InChI=1S/C14H17FN2O/c15-13-8-11(16)6-7-12(13)14(18)17-9-10-4-2-1-3-5-10/h1-2,6-8,10H,3-5,9,16H2,(H,17,18). The number of amides is 1. The van der Waals surface area contributed by atoms with Crippen molar-refractivity contribution in [2.24, 2.45) is 5.92 Å². The summed E-state index contributed by atoms with van der Waals surface area (Å²) in [6.07, 6.45) is 7.38. The molecule has 1 atom stereocenters. The molecule has 2 rings (SSSR count). The van der Waals surface area contributed by atoms with E-state index in [0.29, 0.717) is 18.2 Å². The first-order valence-electron chi connectivity index (χ1n) is 6.15. The van der Waals surface area contributed by atoms with Crippen molar-refractivity contribution in [1.29, 1.82) is 0 Å². The predicted molar refractivity (Wildman–Crippen MR) is 69.6 cm³/mol. The van der Waals surface area contributed by atoms with E-state index in [0.717, 1.165) is 25.3 Å². The minimum Gasteiger partial charge on any atom is -0.399 e. The van der Waals surface area contributed by atoms with Gasteiger partial charge in [0.05, 0.1) is 5.56 Å². The molecule has 18 heavy (non-hydrogen) atoms. The van der Waals surface area contributed by atoms with Gasteiger partial charge in [-0.05, 0) is 43.4 Å². The van der Waals surface area contributed by atoms with Crippen LogP contribution in [0.25, 0.3) is 0 Å². The molecule has 1 aliphatic carbocycles. The minimum atomic E-state index is -0.573. The summed E-state index contributed by atoms with van der Waals surface area (Å²) in [5, 5.41) is 2.78. The Morgan fingerprint density at radius 3 is 2.94 bits per heavy atom. The topological polar surface area (TPSA) is 55.1 Å². The molecular weight excluding hydrogens is 231 g/mol. The fraction of sp³-hybridized carbons (Fsp3) is 0.357. The summed E-state index contributed by atoms with van der Waals surface area (Å²) in [4.78, 5) is 11.8. The molecule has 1 aromatic rings. The second-order valence-electron chi connectivity index (χ2n) is 4.60. The number of nitrogen functional groups attached to an aromatic ring is 1. The molecule has 4 heteroatoms. The van der Waals surface area contributed by atoms with Crippen molar-refractivity contribution in [3.8, 4) is 0 Å². The van der Waals surface area contributed by atoms with Crippen molar-refractivity contribution < 1.29 is 9.18 Å². The first kappa shape index (κ1) is 12.6. The smallest absolute Gasteiger partial charge is 0.254 e. The van der Waals surface area contributed by atoms with Crippen LogP contribution < -0.4 is 11.1 Å². The Labute approximate surface area is 106 Å². The maximum Gasteiger partial charge on any atom is 0.254 e. The van der Waals surface area contributed by atoms with Gasteiger partial charge in [0.15, 0.2) is 0 Å². The Morgan fingerprint density at radius 2 is 2.28 bits per heavy atom. The Balaban J connectivity index is 1.93. The Bertz CT molecular complexity index is 471. The molecule has 96 valence electrons. The summed E-state index contributed by atoms with van der Waals surface area (Å²) in [5.41, 5.74) is 5.81. The second kappa shape index (κ2) is 5.67. The summed E-state index contributed by atoms with van der Waals surface area (Å²) in [7, 11) is 0. The van der Waals surface area contributed by atoms with Crippen molar-refractivity contribution in [2.45, 2.75) is 19.3 Å². The molecule has 1 amide bonds.